The highest BCUT2D eigenvalue weighted by Crippen LogP contribution is 2.18. The number of amides is 1. The zero-order chi connectivity index (χ0) is 11.4. The normalized spacial score (nSPS) is 29.6. The molecule has 1 unspecified atom stereocenters. The Hall–Kier alpha value is -0.320. The van der Waals surface area contributed by atoms with E-state index in [1.54, 1.807) is 7.11 Å². The molecule has 4 nitrogen and oxygen atoms in total. The van der Waals surface area contributed by atoms with Crippen LogP contribution in [0.3, 0.4) is 0 Å². The molecular weight excluding hydrogens is 240 g/mol. The zero-order valence-electron chi connectivity index (χ0n) is 10.5. The number of carbonyl (C=O) groups excluding carboxylic acids is 1. The molecule has 0 aromatic carbocycles. The second-order valence-corrected chi connectivity index (χ2v) is 4.83. The summed E-state index contributed by atoms with van der Waals surface area (Å²) < 4.78 is 5.35. The number of rotatable bonds is 2. The summed E-state index contributed by atoms with van der Waals surface area (Å²) in [4.78, 5) is 14.2. The van der Waals surface area contributed by atoms with Crippen molar-refractivity contribution in [3.63, 3.8) is 0 Å². The molecular formula is C12H23ClN2O2. The third kappa shape index (κ3) is 3.83. The van der Waals surface area contributed by atoms with E-state index in [2.05, 4.69) is 5.32 Å². The van der Waals surface area contributed by atoms with E-state index >= 15 is 0 Å². The van der Waals surface area contributed by atoms with Gasteiger partial charge in [-0.3, -0.25) is 4.79 Å². The van der Waals surface area contributed by atoms with E-state index in [4.69, 9.17) is 4.74 Å². The smallest absolute Gasteiger partial charge is 0.227 e. The van der Waals surface area contributed by atoms with Gasteiger partial charge in [0, 0.05) is 26.7 Å². The predicted octanol–water partition coefficient (Wildman–Crippen LogP) is 1.05. The predicted molar refractivity (Wildman–Crippen MR) is 69.5 cm³/mol. The number of hydrogen-bond donors (Lipinski definition) is 1. The van der Waals surface area contributed by atoms with Gasteiger partial charge in [0.1, 0.15) is 0 Å². The van der Waals surface area contributed by atoms with Gasteiger partial charge in [0.25, 0.3) is 0 Å². The molecule has 100 valence electrons. The maximum Gasteiger partial charge on any atom is 0.227 e. The number of nitrogens with zero attached hydrogens (tertiary/aromatic N) is 1. The van der Waals surface area contributed by atoms with Gasteiger partial charge in [0.15, 0.2) is 0 Å². The molecule has 0 saturated carbocycles. The fourth-order valence-electron chi connectivity index (χ4n) is 2.65. The van der Waals surface area contributed by atoms with Crippen LogP contribution in [0.1, 0.15) is 25.7 Å². The summed E-state index contributed by atoms with van der Waals surface area (Å²) in [6.45, 7) is 3.61. The van der Waals surface area contributed by atoms with Crippen LogP contribution in [-0.4, -0.2) is 50.2 Å². The second-order valence-electron chi connectivity index (χ2n) is 4.83. The Labute approximate surface area is 109 Å². The highest BCUT2D eigenvalue weighted by Gasteiger charge is 2.29. The number of ether oxygens (including phenoxy) is 1. The third-order valence-corrected chi connectivity index (χ3v) is 3.67. The van der Waals surface area contributed by atoms with Gasteiger partial charge in [-0.1, -0.05) is 0 Å². The first-order chi connectivity index (χ1) is 7.81. The van der Waals surface area contributed by atoms with E-state index in [9.17, 15) is 4.79 Å². The van der Waals surface area contributed by atoms with Crippen LogP contribution in [0.4, 0.5) is 0 Å². The quantitative estimate of drug-likeness (QED) is 0.809. The van der Waals surface area contributed by atoms with Crippen molar-refractivity contribution in [2.45, 2.75) is 31.8 Å². The largest absolute Gasteiger partial charge is 0.380 e. The summed E-state index contributed by atoms with van der Waals surface area (Å²) in [6.07, 6.45) is 4.57. The minimum atomic E-state index is 0. The molecule has 0 aliphatic carbocycles. The molecule has 0 radical (unpaired) electrons. The number of nitrogens with one attached hydrogen (secondary N) is 1. The number of piperidine rings is 2. The SMILES string of the molecule is COC1CCCN(C(=O)[C@@H]2CCCNC2)C1.Cl. The van der Waals surface area contributed by atoms with Gasteiger partial charge >= 0.3 is 0 Å². The standard InChI is InChI=1S/C12H22N2O2.ClH/c1-16-11-5-3-7-14(9-11)12(15)10-4-2-6-13-8-10;/h10-11,13H,2-9H2,1H3;1H/t10-,11?;/m1./s1. The number of carbonyl (C=O) groups is 1. The first-order valence-electron chi connectivity index (χ1n) is 6.33. The number of methoxy groups -OCH3 is 1. The maximum atomic E-state index is 12.2. The van der Waals surface area contributed by atoms with Crippen molar-refractivity contribution in [3.8, 4) is 0 Å². The average molecular weight is 263 g/mol. The van der Waals surface area contributed by atoms with Gasteiger partial charge in [-0.25, -0.2) is 0 Å². The molecule has 2 aliphatic heterocycles. The molecule has 2 saturated heterocycles. The third-order valence-electron chi connectivity index (χ3n) is 3.67. The molecule has 2 heterocycles. The Morgan fingerprint density at radius 3 is 2.82 bits per heavy atom. The lowest BCUT2D eigenvalue weighted by Crippen LogP contribution is -2.48. The number of likely N-dealkylation sites (tertiary alicyclic amines) is 1. The molecule has 0 spiro atoms. The Balaban J connectivity index is 0.00000144. The van der Waals surface area contributed by atoms with Crippen LogP contribution in [0.15, 0.2) is 0 Å². The number of hydrogen-bond acceptors (Lipinski definition) is 3. The van der Waals surface area contributed by atoms with Crippen LogP contribution < -0.4 is 5.32 Å². The zero-order valence-corrected chi connectivity index (χ0v) is 11.3. The molecule has 2 aliphatic rings. The lowest BCUT2D eigenvalue weighted by atomic mass is 9.96. The summed E-state index contributed by atoms with van der Waals surface area (Å²) in [7, 11) is 1.74. The molecule has 0 bridgehead atoms. The van der Waals surface area contributed by atoms with Crippen molar-refractivity contribution in [3.05, 3.63) is 0 Å². The van der Waals surface area contributed by atoms with E-state index in [0.29, 0.717) is 5.91 Å². The second kappa shape index (κ2) is 7.19. The van der Waals surface area contributed by atoms with Gasteiger partial charge in [-0.05, 0) is 32.2 Å². The molecule has 2 rings (SSSR count). The minimum absolute atomic E-state index is 0. The fourth-order valence-corrected chi connectivity index (χ4v) is 2.65. The van der Waals surface area contributed by atoms with Crippen molar-refractivity contribution in [1.29, 1.82) is 0 Å². The van der Waals surface area contributed by atoms with Crippen LogP contribution in [0, 0.1) is 5.92 Å². The van der Waals surface area contributed by atoms with Crippen LogP contribution in [0.5, 0.6) is 0 Å². The molecule has 0 aromatic heterocycles. The average Bonchev–Trinajstić information content (AvgIpc) is 2.39. The van der Waals surface area contributed by atoms with E-state index in [0.717, 1.165) is 51.9 Å². The summed E-state index contributed by atoms with van der Waals surface area (Å²) in [5.74, 6) is 0.526. The molecule has 0 aromatic rings. The van der Waals surface area contributed by atoms with Crippen molar-refractivity contribution in [1.82, 2.24) is 10.2 Å². The van der Waals surface area contributed by atoms with Crippen LogP contribution >= 0.6 is 12.4 Å². The molecule has 2 fully saturated rings. The summed E-state index contributed by atoms with van der Waals surface area (Å²) in [5.41, 5.74) is 0. The first kappa shape index (κ1) is 14.7. The summed E-state index contributed by atoms with van der Waals surface area (Å²) in [6, 6.07) is 0. The van der Waals surface area contributed by atoms with Crippen molar-refractivity contribution in [2.75, 3.05) is 33.3 Å². The molecule has 17 heavy (non-hydrogen) atoms. The van der Waals surface area contributed by atoms with Gasteiger partial charge in [-0.15, -0.1) is 12.4 Å². The topological polar surface area (TPSA) is 41.6 Å². The summed E-state index contributed by atoms with van der Waals surface area (Å²) in [5, 5.41) is 3.30. The fraction of sp³-hybridized carbons (Fsp3) is 0.917. The molecule has 2 atom stereocenters. The van der Waals surface area contributed by atoms with Crippen molar-refractivity contribution >= 4 is 18.3 Å². The Kier molecular flexibility index (Phi) is 6.23. The van der Waals surface area contributed by atoms with Crippen LogP contribution in [-0.2, 0) is 9.53 Å². The van der Waals surface area contributed by atoms with Crippen LogP contribution in [0.25, 0.3) is 0 Å². The Morgan fingerprint density at radius 2 is 2.18 bits per heavy atom. The van der Waals surface area contributed by atoms with Crippen LogP contribution in [0.2, 0.25) is 0 Å². The lowest BCUT2D eigenvalue weighted by Gasteiger charge is -2.35. The monoisotopic (exact) mass is 262 g/mol. The van der Waals surface area contributed by atoms with Gasteiger partial charge in [-0.2, -0.15) is 0 Å². The van der Waals surface area contributed by atoms with E-state index in [1.165, 1.54) is 0 Å². The van der Waals surface area contributed by atoms with Gasteiger partial charge in [0.2, 0.25) is 5.91 Å². The van der Waals surface area contributed by atoms with E-state index < -0.39 is 0 Å². The van der Waals surface area contributed by atoms with Crippen molar-refractivity contribution < 1.29 is 9.53 Å². The number of halogens is 1. The molecule has 5 heteroatoms. The summed E-state index contributed by atoms with van der Waals surface area (Å²) >= 11 is 0. The van der Waals surface area contributed by atoms with Crippen molar-refractivity contribution in [2.24, 2.45) is 5.92 Å². The maximum absolute atomic E-state index is 12.2. The molecule has 1 N–H and O–H groups in total. The Morgan fingerprint density at radius 1 is 1.35 bits per heavy atom. The lowest BCUT2D eigenvalue weighted by molar-refractivity contribution is -0.139. The van der Waals surface area contributed by atoms with E-state index in [1.807, 2.05) is 4.90 Å². The highest BCUT2D eigenvalue weighted by atomic mass is 35.5. The molecule has 1 amide bonds. The van der Waals surface area contributed by atoms with Gasteiger partial charge < -0.3 is 15.0 Å². The van der Waals surface area contributed by atoms with E-state index in [-0.39, 0.29) is 24.4 Å². The van der Waals surface area contributed by atoms with Gasteiger partial charge in [0.05, 0.1) is 12.0 Å². The Bertz CT molecular complexity index is 245. The highest BCUT2D eigenvalue weighted by molar-refractivity contribution is 5.85. The first-order valence-corrected chi connectivity index (χ1v) is 6.33. The minimum Gasteiger partial charge on any atom is -0.380 e.